The quantitative estimate of drug-likeness (QED) is 0.821. The minimum Gasteiger partial charge on any atom is -0.396 e. The first-order valence-electron chi connectivity index (χ1n) is 9.00. The Bertz CT molecular complexity index is 271. The normalized spacial score (nSPS) is 36.8. The molecule has 1 saturated heterocycles. The van der Waals surface area contributed by atoms with Crippen LogP contribution >= 0.6 is 0 Å². The molecular formula is C18H35NO. The molecule has 2 heteroatoms. The number of aliphatic hydroxyl groups is 1. The summed E-state index contributed by atoms with van der Waals surface area (Å²) in [6, 6.07) is 0. The van der Waals surface area contributed by atoms with Crippen LogP contribution in [0, 0.1) is 17.3 Å². The van der Waals surface area contributed by atoms with Crippen LogP contribution in [0.5, 0.6) is 0 Å². The molecule has 0 aromatic carbocycles. The summed E-state index contributed by atoms with van der Waals surface area (Å²) in [7, 11) is 0. The van der Waals surface area contributed by atoms with Gasteiger partial charge in [0.05, 0.1) is 0 Å². The van der Waals surface area contributed by atoms with E-state index in [2.05, 4.69) is 18.7 Å². The van der Waals surface area contributed by atoms with E-state index in [1.165, 1.54) is 70.9 Å². The van der Waals surface area contributed by atoms with Crippen molar-refractivity contribution in [2.45, 2.75) is 71.6 Å². The van der Waals surface area contributed by atoms with Gasteiger partial charge in [-0.05, 0) is 57.0 Å². The first-order valence-corrected chi connectivity index (χ1v) is 9.00. The molecule has 1 saturated carbocycles. The molecule has 1 N–H and O–H groups in total. The molecule has 2 fully saturated rings. The number of hydrogen-bond acceptors (Lipinski definition) is 2. The van der Waals surface area contributed by atoms with E-state index >= 15 is 0 Å². The van der Waals surface area contributed by atoms with Crippen molar-refractivity contribution in [3.63, 3.8) is 0 Å². The molecule has 1 aliphatic heterocycles. The molecule has 1 atom stereocenters. The van der Waals surface area contributed by atoms with Crippen LogP contribution in [-0.4, -0.2) is 36.2 Å². The Morgan fingerprint density at radius 1 is 1.10 bits per heavy atom. The van der Waals surface area contributed by atoms with Crippen LogP contribution in [0.1, 0.15) is 71.6 Å². The zero-order chi connectivity index (χ0) is 14.4. The molecule has 1 aliphatic carbocycles. The summed E-state index contributed by atoms with van der Waals surface area (Å²) >= 11 is 0. The topological polar surface area (TPSA) is 23.5 Å². The predicted molar refractivity (Wildman–Crippen MR) is 85.8 cm³/mol. The van der Waals surface area contributed by atoms with Crippen LogP contribution < -0.4 is 0 Å². The molecule has 2 aliphatic rings. The monoisotopic (exact) mass is 281 g/mol. The van der Waals surface area contributed by atoms with Gasteiger partial charge in [0.1, 0.15) is 0 Å². The van der Waals surface area contributed by atoms with Gasteiger partial charge in [-0.1, -0.05) is 39.5 Å². The molecular weight excluding hydrogens is 246 g/mol. The molecule has 0 aromatic rings. The molecule has 1 unspecified atom stereocenters. The lowest BCUT2D eigenvalue weighted by atomic mass is 9.71. The van der Waals surface area contributed by atoms with E-state index in [-0.39, 0.29) is 5.41 Å². The molecule has 20 heavy (non-hydrogen) atoms. The lowest BCUT2D eigenvalue weighted by Gasteiger charge is -2.41. The van der Waals surface area contributed by atoms with Crippen molar-refractivity contribution in [3.8, 4) is 0 Å². The van der Waals surface area contributed by atoms with Crippen LogP contribution in [0.3, 0.4) is 0 Å². The summed E-state index contributed by atoms with van der Waals surface area (Å²) < 4.78 is 0. The standard InChI is InChI=1S/C18H35NO/c1-3-5-17-6-4-12-19(13-9-17)14-18(15-20)10-7-16(2)8-11-18/h16-17,20H,3-15H2,1-2H3. The Balaban J connectivity index is 1.85. The molecule has 0 amide bonds. The van der Waals surface area contributed by atoms with Crippen LogP contribution in [0.25, 0.3) is 0 Å². The smallest absolute Gasteiger partial charge is 0.0499 e. The van der Waals surface area contributed by atoms with E-state index in [9.17, 15) is 5.11 Å². The Kier molecular flexibility index (Phi) is 6.35. The third kappa shape index (κ3) is 4.46. The van der Waals surface area contributed by atoms with Crippen LogP contribution in [-0.2, 0) is 0 Å². The molecule has 2 nitrogen and oxygen atoms in total. The Labute approximate surface area is 125 Å². The van der Waals surface area contributed by atoms with Crippen molar-refractivity contribution in [2.75, 3.05) is 26.2 Å². The highest BCUT2D eigenvalue weighted by Gasteiger charge is 2.35. The zero-order valence-electron chi connectivity index (χ0n) is 13.7. The van der Waals surface area contributed by atoms with Gasteiger partial charge >= 0.3 is 0 Å². The molecule has 1 heterocycles. The zero-order valence-corrected chi connectivity index (χ0v) is 13.7. The van der Waals surface area contributed by atoms with Crippen LogP contribution in [0.4, 0.5) is 0 Å². The maximum absolute atomic E-state index is 9.94. The average Bonchev–Trinajstić information content (AvgIpc) is 2.68. The van der Waals surface area contributed by atoms with Gasteiger partial charge in [0.25, 0.3) is 0 Å². The van der Waals surface area contributed by atoms with E-state index in [0.717, 1.165) is 18.4 Å². The Morgan fingerprint density at radius 3 is 2.50 bits per heavy atom. The van der Waals surface area contributed by atoms with Gasteiger partial charge in [-0.15, -0.1) is 0 Å². The summed E-state index contributed by atoms with van der Waals surface area (Å²) in [5, 5.41) is 9.94. The highest BCUT2D eigenvalue weighted by Crippen LogP contribution is 2.39. The summed E-state index contributed by atoms with van der Waals surface area (Å²) in [5.41, 5.74) is 0.219. The average molecular weight is 281 g/mol. The van der Waals surface area contributed by atoms with Gasteiger partial charge in [-0.2, -0.15) is 0 Å². The van der Waals surface area contributed by atoms with Crippen molar-refractivity contribution in [2.24, 2.45) is 17.3 Å². The van der Waals surface area contributed by atoms with Crippen LogP contribution in [0.15, 0.2) is 0 Å². The summed E-state index contributed by atoms with van der Waals surface area (Å²) in [4.78, 5) is 2.67. The lowest BCUT2D eigenvalue weighted by molar-refractivity contribution is 0.0299. The fourth-order valence-corrected chi connectivity index (χ4v) is 4.29. The SMILES string of the molecule is CCCC1CCCN(CC2(CO)CCC(C)CC2)CC1. The van der Waals surface area contributed by atoms with Crippen molar-refractivity contribution >= 4 is 0 Å². The van der Waals surface area contributed by atoms with E-state index in [0.29, 0.717) is 6.61 Å². The second-order valence-electron chi connectivity index (χ2n) is 7.70. The fourth-order valence-electron chi connectivity index (χ4n) is 4.29. The summed E-state index contributed by atoms with van der Waals surface area (Å²) in [6.45, 7) is 8.75. The Hall–Kier alpha value is -0.0800. The van der Waals surface area contributed by atoms with Crippen molar-refractivity contribution in [1.82, 2.24) is 4.90 Å². The summed E-state index contributed by atoms with van der Waals surface area (Å²) in [5.74, 6) is 1.83. The number of likely N-dealkylation sites (tertiary alicyclic amines) is 1. The van der Waals surface area contributed by atoms with E-state index in [1.54, 1.807) is 0 Å². The van der Waals surface area contributed by atoms with Crippen molar-refractivity contribution in [3.05, 3.63) is 0 Å². The van der Waals surface area contributed by atoms with Crippen LogP contribution in [0.2, 0.25) is 0 Å². The van der Waals surface area contributed by atoms with E-state index in [1.807, 2.05) is 0 Å². The minimum absolute atomic E-state index is 0.219. The Morgan fingerprint density at radius 2 is 1.85 bits per heavy atom. The maximum Gasteiger partial charge on any atom is 0.0499 e. The van der Waals surface area contributed by atoms with E-state index < -0.39 is 0 Å². The van der Waals surface area contributed by atoms with Gasteiger partial charge in [0.15, 0.2) is 0 Å². The van der Waals surface area contributed by atoms with Crippen molar-refractivity contribution in [1.29, 1.82) is 0 Å². The molecule has 0 spiro atoms. The van der Waals surface area contributed by atoms with Gasteiger partial charge in [-0.25, -0.2) is 0 Å². The highest BCUT2D eigenvalue weighted by atomic mass is 16.3. The molecule has 0 aromatic heterocycles. The van der Waals surface area contributed by atoms with Gasteiger partial charge in [-0.3, -0.25) is 0 Å². The number of aliphatic hydroxyl groups excluding tert-OH is 1. The van der Waals surface area contributed by atoms with E-state index in [4.69, 9.17) is 0 Å². The highest BCUT2D eigenvalue weighted by molar-refractivity contribution is 4.88. The van der Waals surface area contributed by atoms with Gasteiger partial charge in [0.2, 0.25) is 0 Å². The second kappa shape index (κ2) is 7.79. The third-order valence-corrected chi connectivity index (χ3v) is 5.87. The van der Waals surface area contributed by atoms with Crippen molar-refractivity contribution < 1.29 is 5.11 Å². The summed E-state index contributed by atoms with van der Waals surface area (Å²) in [6.07, 6.45) is 12.0. The molecule has 2 rings (SSSR count). The second-order valence-corrected chi connectivity index (χ2v) is 7.70. The third-order valence-electron chi connectivity index (χ3n) is 5.87. The number of rotatable bonds is 5. The molecule has 0 radical (unpaired) electrons. The minimum atomic E-state index is 0.219. The van der Waals surface area contributed by atoms with Gasteiger partial charge in [0, 0.05) is 18.6 Å². The van der Waals surface area contributed by atoms with Gasteiger partial charge < -0.3 is 10.0 Å². The lowest BCUT2D eigenvalue weighted by Crippen LogP contribution is -2.43. The fraction of sp³-hybridized carbons (Fsp3) is 1.00. The molecule has 0 bridgehead atoms. The first kappa shape index (κ1) is 16.3. The number of hydrogen-bond donors (Lipinski definition) is 1. The largest absolute Gasteiger partial charge is 0.396 e. The predicted octanol–water partition coefficient (Wildman–Crippen LogP) is 4.08. The number of nitrogens with zero attached hydrogens (tertiary/aromatic N) is 1. The first-order chi connectivity index (χ1) is 9.67. The maximum atomic E-state index is 9.94. The molecule has 118 valence electrons.